The second-order valence-corrected chi connectivity index (χ2v) is 5.00. The second kappa shape index (κ2) is 6.68. The summed E-state index contributed by atoms with van der Waals surface area (Å²) < 4.78 is 0. The van der Waals surface area contributed by atoms with Gasteiger partial charge in [0.05, 0.1) is 0 Å². The molecule has 0 aromatic heterocycles. The molecule has 92 valence electrons. The highest BCUT2D eigenvalue weighted by molar-refractivity contribution is 7.80. The Hall–Kier alpha value is -0.840. The molecule has 5 heteroatoms. The van der Waals surface area contributed by atoms with Crippen LogP contribution in [-0.4, -0.2) is 30.7 Å². The summed E-state index contributed by atoms with van der Waals surface area (Å²) in [7, 11) is 0. The fourth-order valence-electron chi connectivity index (χ4n) is 1.21. The van der Waals surface area contributed by atoms with Gasteiger partial charge in [-0.3, -0.25) is 4.79 Å². The molecule has 0 unspecified atom stereocenters. The third-order valence-corrected chi connectivity index (χ3v) is 2.62. The van der Waals surface area contributed by atoms with Crippen molar-refractivity contribution in [1.82, 2.24) is 16.0 Å². The second-order valence-electron chi connectivity index (χ2n) is 4.60. The number of carbonyl (C=O) groups excluding carboxylic acids is 1. The van der Waals surface area contributed by atoms with Crippen LogP contribution in [0.1, 0.15) is 26.7 Å². The van der Waals surface area contributed by atoms with Crippen LogP contribution < -0.4 is 16.0 Å². The molecule has 4 nitrogen and oxygen atoms in total. The number of carbonyl (C=O) groups is 1. The van der Waals surface area contributed by atoms with Crippen molar-refractivity contribution in [2.24, 2.45) is 11.8 Å². The lowest BCUT2D eigenvalue weighted by Crippen LogP contribution is -2.41. The predicted octanol–water partition coefficient (Wildman–Crippen LogP) is 0.633. The Morgan fingerprint density at radius 1 is 1.25 bits per heavy atom. The molecule has 0 spiro atoms. The predicted molar refractivity (Wildman–Crippen MR) is 69.2 cm³/mol. The molecule has 1 amide bonds. The van der Waals surface area contributed by atoms with Gasteiger partial charge < -0.3 is 16.0 Å². The number of hydrogen-bond donors (Lipinski definition) is 3. The number of thiocarbonyl (C=S) groups is 1. The first-order valence-corrected chi connectivity index (χ1v) is 6.30. The molecule has 1 aliphatic carbocycles. The molecule has 1 fully saturated rings. The van der Waals surface area contributed by atoms with Gasteiger partial charge in [0.15, 0.2) is 5.11 Å². The lowest BCUT2D eigenvalue weighted by Gasteiger charge is -2.12. The van der Waals surface area contributed by atoms with Crippen LogP contribution >= 0.6 is 12.2 Å². The van der Waals surface area contributed by atoms with Crippen molar-refractivity contribution in [1.29, 1.82) is 0 Å². The molecule has 0 bridgehead atoms. The molecule has 16 heavy (non-hydrogen) atoms. The van der Waals surface area contributed by atoms with Gasteiger partial charge in [-0.1, -0.05) is 13.8 Å². The van der Waals surface area contributed by atoms with Crippen LogP contribution in [0.4, 0.5) is 0 Å². The zero-order chi connectivity index (χ0) is 12.0. The molecule has 0 aliphatic heterocycles. The fourth-order valence-corrected chi connectivity index (χ4v) is 1.40. The zero-order valence-electron chi connectivity index (χ0n) is 10.0. The third kappa shape index (κ3) is 5.90. The van der Waals surface area contributed by atoms with E-state index in [4.69, 9.17) is 12.2 Å². The van der Waals surface area contributed by atoms with Crippen molar-refractivity contribution in [3.8, 4) is 0 Å². The summed E-state index contributed by atoms with van der Waals surface area (Å²) >= 11 is 5.08. The van der Waals surface area contributed by atoms with E-state index >= 15 is 0 Å². The summed E-state index contributed by atoms with van der Waals surface area (Å²) in [6.07, 6.45) is 2.10. The third-order valence-electron chi connectivity index (χ3n) is 2.33. The Bertz CT molecular complexity index is 252. The summed E-state index contributed by atoms with van der Waals surface area (Å²) in [6.45, 7) is 6.46. The Kier molecular flexibility index (Phi) is 5.52. The van der Waals surface area contributed by atoms with E-state index < -0.39 is 0 Å². The smallest absolute Gasteiger partial charge is 0.223 e. The highest BCUT2D eigenvalue weighted by Crippen LogP contribution is 2.28. The first-order chi connectivity index (χ1) is 7.59. The molecule has 1 rings (SSSR count). The van der Waals surface area contributed by atoms with Gasteiger partial charge in [-0.2, -0.15) is 0 Å². The number of nitrogens with one attached hydrogen (secondary N) is 3. The Morgan fingerprint density at radius 3 is 2.44 bits per heavy atom. The van der Waals surface area contributed by atoms with Gasteiger partial charge in [0.1, 0.15) is 0 Å². The normalized spacial score (nSPS) is 14.7. The van der Waals surface area contributed by atoms with Crippen LogP contribution in [0.25, 0.3) is 0 Å². The van der Waals surface area contributed by atoms with Crippen molar-refractivity contribution in [3.63, 3.8) is 0 Å². The summed E-state index contributed by atoms with van der Waals surface area (Å²) in [6, 6.07) is 0. The molecular weight excluding hydrogens is 222 g/mol. The molecule has 0 heterocycles. The van der Waals surface area contributed by atoms with Crippen molar-refractivity contribution in [3.05, 3.63) is 0 Å². The maximum atomic E-state index is 11.3. The topological polar surface area (TPSA) is 53.2 Å². The average molecular weight is 243 g/mol. The molecule has 3 N–H and O–H groups in total. The van der Waals surface area contributed by atoms with E-state index in [0.29, 0.717) is 24.1 Å². The first kappa shape index (κ1) is 13.2. The van der Waals surface area contributed by atoms with E-state index in [2.05, 4.69) is 29.8 Å². The van der Waals surface area contributed by atoms with Gasteiger partial charge in [0.25, 0.3) is 0 Å². The monoisotopic (exact) mass is 243 g/mol. The zero-order valence-corrected chi connectivity index (χ0v) is 10.8. The van der Waals surface area contributed by atoms with Crippen molar-refractivity contribution < 1.29 is 4.79 Å². The van der Waals surface area contributed by atoms with Crippen LogP contribution in [0.2, 0.25) is 0 Å². The van der Waals surface area contributed by atoms with Gasteiger partial charge in [0.2, 0.25) is 5.91 Å². The molecule has 1 saturated carbocycles. The minimum atomic E-state index is 0.183. The molecule has 0 saturated heterocycles. The van der Waals surface area contributed by atoms with E-state index in [1.807, 2.05) is 0 Å². The molecule has 1 aliphatic rings. The van der Waals surface area contributed by atoms with Gasteiger partial charge in [-0.15, -0.1) is 0 Å². The summed E-state index contributed by atoms with van der Waals surface area (Å²) in [5.74, 6) is 1.04. The van der Waals surface area contributed by atoms with Crippen molar-refractivity contribution in [2.75, 3.05) is 19.6 Å². The summed E-state index contributed by atoms with van der Waals surface area (Å²) in [5.41, 5.74) is 0. The minimum absolute atomic E-state index is 0.183. The first-order valence-electron chi connectivity index (χ1n) is 5.89. The Labute approximate surface area is 103 Å². The molecular formula is C11H21N3OS. The summed E-state index contributed by atoms with van der Waals surface area (Å²) in [4.78, 5) is 11.3. The summed E-state index contributed by atoms with van der Waals surface area (Å²) in [5, 5.41) is 9.71. The van der Waals surface area contributed by atoms with E-state index in [1.165, 1.54) is 0 Å². The van der Waals surface area contributed by atoms with Crippen LogP contribution in [0, 0.1) is 11.8 Å². The van der Waals surface area contributed by atoms with E-state index in [9.17, 15) is 4.79 Å². The Balaban J connectivity index is 1.93. The maximum absolute atomic E-state index is 11.3. The quantitative estimate of drug-likeness (QED) is 0.473. The van der Waals surface area contributed by atoms with E-state index in [1.54, 1.807) is 0 Å². The standard InChI is InChI=1S/C11H21N3OS/c1-8(2)7-14-11(16)13-6-5-12-10(15)9-3-4-9/h8-9H,3-7H2,1-2H3,(H,12,15)(H2,13,14,16). The number of amides is 1. The van der Waals surface area contributed by atoms with Crippen LogP contribution in [0.5, 0.6) is 0 Å². The van der Waals surface area contributed by atoms with Gasteiger partial charge in [-0.25, -0.2) is 0 Å². The largest absolute Gasteiger partial charge is 0.362 e. The lowest BCUT2D eigenvalue weighted by atomic mass is 10.2. The molecule has 0 radical (unpaired) electrons. The molecule has 0 aromatic carbocycles. The average Bonchev–Trinajstić information content (AvgIpc) is 3.04. The van der Waals surface area contributed by atoms with Crippen molar-refractivity contribution >= 4 is 23.2 Å². The maximum Gasteiger partial charge on any atom is 0.223 e. The fraction of sp³-hybridized carbons (Fsp3) is 0.818. The van der Waals surface area contributed by atoms with Crippen LogP contribution in [0.3, 0.4) is 0 Å². The van der Waals surface area contributed by atoms with E-state index in [-0.39, 0.29) is 11.8 Å². The van der Waals surface area contributed by atoms with E-state index in [0.717, 1.165) is 19.4 Å². The van der Waals surface area contributed by atoms with Crippen LogP contribution in [-0.2, 0) is 4.79 Å². The SMILES string of the molecule is CC(C)CNC(=S)NCCNC(=O)C1CC1. The van der Waals surface area contributed by atoms with Gasteiger partial charge in [-0.05, 0) is 31.0 Å². The van der Waals surface area contributed by atoms with Gasteiger partial charge >= 0.3 is 0 Å². The minimum Gasteiger partial charge on any atom is -0.362 e. The number of hydrogen-bond acceptors (Lipinski definition) is 2. The highest BCUT2D eigenvalue weighted by atomic mass is 32.1. The molecule has 0 atom stereocenters. The number of rotatable bonds is 6. The lowest BCUT2D eigenvalue weighted by molar-refractivity contribution is -0.122. The highest BCUT2D eigenvalue weighted by Gasteiger charge is 2.28. The van der Waals surface area contributed by atoms with Crippen LogP contribution in [0.15, 0.2) is 0 Å². The van der Waals surface area contributed by atoms with Gasteiger partial charge in [0, 0.05) is 25.6 Å². The Morgan fingerprint density at radius 2 is 1.88 bits per heavy atom. The van der Waals surface area contributed by atoms with Crippen molar-refractivity contribution in [2.45, 2.75) is 26.7 Å². The molecule has 0 aromatic rings.